The maximum Gasteiger partial charge on any atom is 0.142 e. The fraction of sp³-hybridized carbons (Fsp3) is 0.667. The molecule has 1 atom stereocenters. The number of aromatic nitrogens is 3. The Bertz CT molecular complexity index is 796. The molecule has 4 rings (SSSR count). The molecule has 0 radical (unpaired) electrons. The van der Waals surface area contributed by atoms with Crippen molar-refractivity contribution < 1.29 is 8.95 Å². The summed E-state index contributed by atoms with van der Waals surface area (Å²) in [5.41, 5.74) is 0.865. The minimum atomic E-state index is -1.02. The van der Waals surface area contributed by atoms with Gasteiger partial charge in [-0.1, -0.05) is 0 Å². The topological polar surface area (TPSA) is 74.4 Å². The summed E-state index contributed by atoms with van der Waals surface area (Å²) in [7, 11) is 1.07. The van der Waals surface area contributed by atoms with Gasteiger partial charge in [0.15, 0.2) is 0 Å². The third-order valence-electron chi connectivity index (χ3n) is 5.93. The molecule has 1 aliphatic carbocycles. The fourth-order valence-electron chi connectivity index (χ4n) is 3.96. The van der Waals surface area contributed by atoms with Gasteiger partial charge in [-0.05, 0) is 45.1 Å². The van der Waals surface area contributed by atoms with Crippen LogP contribution in [0.4, 0.5) is 5.82 Å². The van der Waals surface area contributed by atoms with E-state index in [1.807, 2.05) is 16.6 Å². The second kappa shape index (κ2) is 6.90. The lowest BCUT2D eigenvalue weighted by molar-refractivity contribution is 0.0318. The summed E-state index contributed by atoms with van der Waals surface area (Å²) in [4.78, 5) is 14.1. The van der Waals surface area contributed by atoms with E-state index in [4.69, 9.17) is 4.74 Å². The van der Waals surface area contributed by atoms with Crippen LogP contribution in [0.15, 0.2) is 18.6 Å². The third-order valence-corrected chi connectivity index (χ3v) is 7.92. The van der Waals surface area contributed by atoms with Gasteiger partial charge in [-0.15, -0.1) is 0 Å². The molecule has 2 aromatic rings. The zero-order valence-electron chi connectivity index (χ0n) is 15.6. The summed E-state index contributed by atoms with van der Waals surface area (Å²) in [6, 6.07) is 2.44. The van der Waals surface area contributed by atoms with Crippen molar-refractivity contribution in [2.75, 3.05) is 31.8 Å². The Balaban J connectivity index is 1.42. The van der Waals surface area contributed by atoms with E-state index in [1.165, 1.54) is 0 Å². The smallest absolute Gasteiger partial charge is 0.142 e. The van der Waals surface area contributed by atoms with E-state index in [9.17, 15) is 4.21 Å². The summed E-state index contributed by atoms with van der Waals surface area (Å²) in [5.74, 6) is 1.39. The van der Waals surface area contributed by atoms with E-state index < -0.39 is 11.0 Å². The number of anilines is 1. The highest BCUT2D eigenvalue weighted by molar-refractivity contribution is 7.84. The van der Waals surface area contributed by atoms with Crippen LogP contribution < -0.4 is 4.90 Å². The number of hydrogen-bond acceptors (Lipinski definition) is 5. The van der Waals surface area contributed by atoms with Crippen LogP contribution in [-0.2, 0) is 15.7 Å². The molecule has 1 saturated carbocycles. The summed E-state index contributed by atoms with van der Waals surface area (Å²) in [6.45, 7) is 6.38. The third kappa shape index (κ3) is 3.04. The first-order chi connectivity index (χ1) is 12.5. The van der Waals surface area contributed by atoms with Crippen LogP contribution in [0.1, 0.15) is 33.1 Å². The van der Waals surface area contributed by atoms with Crippen LogP contribution in [-0.4, -0.2) is 61.2 Å². The molecule has 0 amide bonds. The van der Waals surface area contributed by atoms with E-state index in [0.29, 0.717) is 18.7 Å². The van der Waals surface area contributed by atoms with Crippen LogP contribution >= 0.6 is 0 Å². The first kappa shape index (κ1) is 17.9. The number of fused-ring (bicyclic) bond motifs is 1. The lowest BCUT2D eigenvalue weighted by Gasteiger charge is -2.49. The fourth-order valence-corrected chi connectivity index (χ4v) is 5.57. The number of ether oxygens (including phenoxy) is 1. The van der Waals surface area contributed by atoms with Crippen LogP contribution in [0.25, 0.3) is 11.0 Å². The minimum absolute atomic E-state index is 0.243. The number of rotatable bonds is 5. The summed E-state index contributed by atoms with van der Waals surface area (Å²) < 4.78 is 20.3. The Labute approximate surface area is 156 Å². The molecule has 1 unspecified atom stereocenters. The van der Waals surface area contributed by atoms with E-state index >= 15 is 0 Å². The Hall–Kier alpha value is -1.51. The largest absolute Gasteiger partial charge is 0.365 e. The number of aromatic amines is 1. The molecule has 3 heterocycles. The molecular weight excluding hydrogens is 350 g/mol. The van der Waals surface area contributed by atoms with Gasteiger partial charge < -0.3 is 14.6 Å². The Morgan fingerprint density at radius 2 is 2.19 bits per heavy atom. The zero-order chi connectivity index (χ0) is 18.3. The van der Waals surface area contributed by atoms with Crippen molar-refractivity contribution >= 4 is 27.8 Å². The van der Waals surface area contributed by atoms with E-state index in [1.54, 1.807) is 6.33 Å². The lowest BCUT2D eigenvalue weighted by atomic mass is 9.72. The predicted octanol–water partition coefficient (Wildman–Crippen LogP) is 2.29. The normalized spacial score (nSPS) is 25.8. The Kier molecular flexibility index (Phi) is 4.75. The molecule has 8 heteroatoms. The molecule has 2 fully saturated rings. The lowest BCUT2D eigenvalue weighted by Crippen LogP contribution is -2.55. The van der Waals surface area contributed by atoms with Crippen molar-refractivity contribution in [3.05, 3.63) is 18.6 Å². The van der Waals surface area contributed by atoms with Crippen molar-refractivity contribution in [2.24, 2.45) is 5.92 Å². The highest BCUT2D eigenvalue weighted by atomic mass is 32.2. The van der Waals surface area contributed by atoms with Crippen LogP contribution in [0.2, 0.25) is 0 Å². The van der Waals surface area contributed by atoms with Gasteiger partial charge in [-0.2, -0.15) is 4.31 Å². The van der Waals surface area contributed by atoms with Gasteiger partial charge in [0, 0.05) is 32.4 Å². The van der Waals surface area contributed by atoms with Gasteiger partial charge >= 0.3 is 0 Å². The summed E-state index contributed by atoms with van der Waals surface area (Å²) >= 11 is 0. The van der Waals surface area contributed by atoms with E-state index in [-0.39, 0.29) is 4.75 Å². The number of nitrogens with one attached hydrogen (secondary N) is 1. The average Bonchev–Trinajstić information content (AvgIpc) is 3.08. The van der Waals surface area contributed by atoms with Gasteiger partial charge in [0.1, 0.15) is 35.5 Å². The van der Waals surface area contributed by atoms with Crippen LogP contribution in [0.3, 0.4) is 0 Å². The summed E-state index contributed by atoms with van der Waals surface area (Å²) in [6.07, 6.45) is 6.52. The van der Waals surface area contributed by atoms with Crippen molar-refractivity contribution in [2.45, 2.75) is 43.9 Å². The molecule has 2 aliphatic rings. The maximum absolute atomic E-state index is 13.1. The number of nitrogens with zero attached hydrogens (tertiary/aromatic N) is 4. The van der Waals surface area contributed by atoms with Gasteiger partial charge in [-0.25, -0.2) is 14.2 Å². The monoisotopic (exact) mass is 377 g/mol. The first-order valence-corrected chi connectivity index (χ1v) is 10.3. The first-order valence-electron chi connectivity index (χ1n) is 9.24. The zero-order valence-corrected chi connectivity index (χ0v) is 16.5. The molecule has 1 aliphatic heterocycles. The molecule has 26 heavy (non-hydrogen) atoms. The van der Waals surface area contributed by atoms with Crippen molar-refractivity contribution in [3.8, 4) is 0 Å². The molecule has 2 aromatic heterocycles. The van der Waals surface area contributed by atoms with Crippen molar-refractivity contribution in [1.29, 1.82) is 0 Å². The molecule has 142 valence electrons. The number of hydrogen-bond donors (Lipinski definition) is 1. The molecule has 0 bridgehead atoms. The molecule has 1 saturated heterocycles. The quantitative estimate of drug-likeness (QED) is 0.865. The predicted molar refractivity (Wildman–Crippen MR) is 103 cm³/mol. The highest BCUT2D eigenvalue weighted by Gasteiger charge is 2.47. The highest BCUT2D eigenvalue weighted by Crippen LogP contribution is 2.43. The Morgan fingerprint density at radius 1 is 1.38 bits per heavy atom. The Morgan fingerprint density at radius 3 is 2.92 bits per heavy atom. The number of H-pyrrole nitrogens is 1. The second-order valence-corrected chi connectivity index (χ2v) is 9.89. The molecule has 0 aromatic carbocycles. The van der Waals surface area contributed by atoms with Crippen molar-refractivity contribution in [1.82, 2.24) is 19.3 Å². The average molecular weight is 378 g/mol. The van der Waals surface area contributed by atoms with Gasteiger partial charge in [0.05, 0.1) is 10.1 Å². The molecule has 0 spiro atoms. The second-order valence-electron chi connectivity index (χ2n) is 7.82. The van der Waals surface area contributed by atoms with Gasteiger partial charge in [0.25, 0.3) is 0 Å². The summed E-state index contributed by atoms with van der Waals surface area (Å²) in [5, 5.41) is 1.05. The molecule has 7 nitrogen and oxygen atoms in total. The van der Waals surface area contributed by atoms with Crippen LogP contribution in [0.5, 0.6) is 0 Å². The van der Waals surface area contributed by atoms with E-state index in [2.05, 4.69) is 40.7 Å². The van der Waals surface area contributed by atoms with Crippen molar-refractivity contribution in [3.63, 3.8) is 0 Å². The minimum Gasteiger partial charge on any atom is -0.365 e. The van der Waals surface area contributed by atoms with E-state index in [0.717, 1.165) is 49.3 Å². The maximum atomic E-state index is 13.1. The van der Waals surface area contributed by atoms with Crippen LogP contribution in [0, 0.1) is 5.92 Å². The molecular formula is C18H27N5O2S. The molecule has 1 N–H and O–H groups in total. The SMILES string of the molecule is CN(c1ncnc2[nH]ccc12)C1CC(C(C)(C)S(=O)N2CCCOC2)C1. The van der Waals surface area contributed by atoms with Gasteiger partial charge in [-0.3, -0.25) is 0 Å². The van der Waals surface area contributed by atoms with Gasteiger partial charge in [0.2, 0.25) is 0 Å². The standard InChI is InChI=1S/C18H27N5O2S/c1-18(2,26(24)23-7-4-8-25-12-23)13-9-14(10-13)22(3)17-15-5-6-19-16(15)20-11-21-17/h5-6,11,13-14H,4,7-10,12H2,1-3H3,(H,19,20,21).